The van der Waals surface area contributed by atoms with E-state index in [9.17, 15) is 4.79 Å². The lowest BCUT2D eigenvalue weighted by molar-refractivity contribution is -0.117. The smallest absolute Gasteiger partial charge is 0.227 e. The van der Waals surface area contributed by atoms with Gasteiger partial charge < -0.3 is 5.32 Å². The molecule has 0 unspecified atom stereocenters. The number of amides is 1. The third-order valence-electron chi connectivity index (χ3n) is 2.63. The maximum Gasteiger partial charge on any atom is 0.227 e. The van der Waals surface area contributed by atoms with Crippen LogP contribution in [0.25, 0.3) is 5.52 Å². The van der Waals surface area contributed by atoms with Crippen molar-refractivity contribution >= 4 is 17.1 Å². The van der Waals surface area contributed by atoms with E-state index in [0.717, 1.165) is 24.0 Å². The summed E-state index contributed by atoms with van der Waals surface area (Å²) < 4.78 is 1.75. The maximum absolute atomic E-state index is 11.6. The molecule has 0 saturated heterocycles. The Morgan fingerprint density at radius 2 is 2.33 bits per heavy atom. The van der Waals surface area contributed by atoms with Crippen LogP contribution in [0.3, 0.4) is 0 Å². The van der Waals surface area contributed by atoms with Crippen LogP contribution in [0.1, 0.15) is 12.8 Å². The van der Waals surface area contributed by atoms with E-state index in [-0.39, 0.29) is 11.8 Å². The molecule has 1 amide bonds. The molecule has 1 aliphatic rings. The van der Waals surface area contributed by atoms with Crippen LogP contribution in [0.4, 0.5) is 5.69 Å². The van der Waals surface area contributed by atoms with Crippen molar-refractivity contribution in [2.75, 3.05) is 5.32 Å². The van der Waals surface area contributed by atoms with E-state index >= 15 is 0 Å². The average molecular weight is 201 g/mol. The highest BCUT2D eigenvalue weighted by atomic mass is 16.2. The van der Waals surface area contributed by atoms with Crippen LogP contribution < -0.4 is 5.32 Å². The van der Waals surface area contributed by atoms with E-state index in [4.69, 9.17) is 0 Å². The van der Waals surface area contributed by atoms with Gasteiger partial charge in [0, 0.05) is 12.1 Å². The minimum absolute atomic E-state index is 0.119. The molecule has 2 aromatic rings. The third kappa shape index (κ3) is 1.48. The fourth-order valence-electron chi connectivity index (χ4n) is 1.61. The first-order valence-corrected chi connectivity index (χ1v) is 5.08. The number of pyridine rings is 1. The molecule has 0 spiro atoms. The number of aromatic nitrogens is 2. The summed E-state index contributed by atoms with van der Waals surface area (Å²) in [4.78, 5) is 11.6. The lowest BCUT2D eigenvalue weighted by Gasteiger charge is -2.00. The molecule has 1 fully saturated rings. The minimum atomic E-state index is 0.119. The normalized spacial score (nSPS) is 15.5. The van der Waals surface area contributed by atoms with Gasteiger partial charge in [0.2, 0.25) is 5.91 Å². The highest BCUT2D eigenvalue weighted by molar-refractivity contribution is 5.97. The van der Waals surface area contributed by atoms with Crippen molar-refractivity contribution in [3.8, 4) is 0 Å². The molecule has 0 atom stereocenters. The van der Waals surface area contributed by atoms with Gasteiger partial charge in [-0.3, -0.25) is 4.79 Å². The molecule has 0 radical (unpaired) electrons. The Morgan fingerprint density at radius 1 is 1.47 bits per heavy atom. The maximum atomic E-state index is 11.6. The van der Waals surface area contributed by atoms with Crippen LogP contribution >= 0.6 is 0 Å². The largest absolute Gasteiger partial charge is 0.323 e. The number of carbonyl (C=O) groups excluding carboxylic acids is 1. The van der Waals surface area contributed by atoms with Crippen molar-refractivity contribution in [2.24, 2.45) is 5.92 Å². The molecule has 1 N–H and O–H groups in total. The van der Waals surface area contributed by atoms with E-state index in [0.29, 0.717) is 0 Å². The third-order valence-corrected chi connectivity index (χ3v) is 2.63. The SMILES string of the molecule is O=C(Nc1cnn2ccccc12)C1CC1. The van der Waals surface area contributed by atoms with Gasteiger partial charge in [0.05, 0.1) is 17.4 Å². The zero-order chi connectivity index (χ0) is 10.3. The van der Waals surface area contributed by atoms with Gasteiger partial charge in [-0.2, -0.15) is 5.10 Å². The summed E-state index contributed by atoms with van der Waals surface area (Å²) in [5.41, 5.74) is 1.74. The van der Waals surface area contributed by atoms with Gasteiger partial charge in [0.25, 0.3) is 0 Å². The minimum Gasteiger partial charge on any atom is -0.323 e. The van der Waals surface area contributed by atoms with Gasteiger partial charge in [-0.05, 0) is 25.0 Å². The fourth-order valence-corrected chi connectivity index (χ4v) is 1.61. The van der Waals surface area contributed by atoms with E-state index in [1.54, 1.807) is 10.7 Å². The monoisotopic (exact) mass is 201 g/mol. The van der Waals surface area contributed by atoms with Crippen LogP contribution in [0, 0.1) is 5.92 Å². The number of hydrogen-bond acceptors (Lipinski definition) is 2. The van der Waals surface area contributed by atoms with Crippen LogP contribution in [0.15, 0.2) is 30.6 Å². The number of fused-ring (bicyclic) bond motifs is 1. The highest BCUT2D eigenvalue weighted by Gasteiger charge is 2.29. The van der Waals surface area contributed by atoms with Gasteiger partial charge in [-0.25, -0.2) is 4.52 Å². The Morgan fingerprint density at radius 3 is 3.13 bits per heavy atom. The van der Waals surface area contributed by atoms with E-state index in [1.165, 1.54) is 0 Å². The lowest BCUT2D eigenvalue weighted by atomic mass is 10.3. The first kappa shape index (κ1) is 8.47. The summed E-state index contributed by atoms with van der Waals surface area (Å²) in [5.74, 6) is 0.345. The molecule has 2 aromatic heterocycles. The Bertz CT molecular complexity index is 513. The highest BCUT2D eigenvalue weighted by Crippen LogP contribution is 2.30. The Labute approximate surface area is 86.9 Å². The van der Waals surface area contributed by atoms with E-state index in [1.807, 2.05) is 24.4 Å². The van der Waals surface area contributed by atoms with Crippen molar-refractivity contribution in [2.45, 2.75) is 12.8 Å². The van der Waals surface area contributed by atoms with Crippen molar-refractivity contribution in [3.63, 3.8) is 0 Å². The summed E-state index contributed by atoms with van der Waals surface area (Å²) in [7, 11) is 0. The predicted octanol–water partition coefficient (Wildman–Crippen LogP) is 1.68. The van der Waals surface area contributed by atoms with Crippen molar-refractivity contribution < 1.29 is 4.79 Å². The summed E-state index contributed by atoms with van der Waals surface area (Å²) in [5, 5.41) is 7.06. The summed E-state index contributed by atoms with van der Waals surface area (Å²) in [6.45, 7) is 0. The zero-order valence-electron chi connectivity index (χ0n) is 8.18. The number of anilines is 1. The molecule has 2 heterocycles. The number of rotatable bonds is 2. The summed E-state index contributed by atoms with van der Waals surface area (Å²) in [6.07, 6.45) is 5.59. The van der Waals surface area contributed by atoms with Gasteiger partial charge >= 0.3 is 0 Å². The van der Waals surface area contributed by atoms with Crippen molar-refractivity contribution in [3.05, 3.63) is 30.6 Å². The molecule has 76 valence electrons. The second-order valence-electron chi connectivity index (χ2n) is 3.85. The topological polar surface area (TPSA) is 46.4 Å². The van der Waals surface area contributed by atoms with Crippen molar-refractivity contribution in [1.82, 2.24) is 9.61 Å². The average Bonchev–Trinajstić information content (AvgIpc) is 3.03. The van der Waals surface area contributed by atoms with Crippen LogP contribution in [0.5, 0.6) is 0 Å². The standard InChI is InChI=1S/C11H11N3O/c15-11(8-4-5-8)13-9-7-12-14-6-2-1-3-10(9)14/h1-3,6-8H,4-5H2,(H,13,15). The fraction of sp³-hybridized carbons (Fsp3) is 0.273. The molecule has 0 aliphatic heterocycles. The number of hydrogen-bond donors (Lipinski definition) is 1. The van der Waals surface area contributed by atoms with Gasteiger partial charge in [-0.1, -0.05) is 6.07 Å². The lowest BCUT2D eigenvalue weighted by Crippen LogP contribution is -2.12. The summed E-state index contributed by atoms with van der Waals surface area (Å²) >= 11 is 0. The van der Waals surface area contributed by atoms with E-state index < -0.39 is 0 Å². The second kappa shape index (κ2) is 3.08. The Hall–Kier alpha value is -1.84. The molecule has 0 aromatic carbocycles. The van der Waals surface area contributed by atoms with Crippen molar-refractivity contribution in [1.29, 1.82) is 0 Å². The van der Waals surface area contributed by atoms with Crippen LogP contribution in [0.2, 0.25) is 0 Å². The number of nitrogens with zero attached hydrogens (tertiary/aromatic N) is 2. The first-order chi connectivity index (χ1) is 7.34. The molecule has 1 saturated carbocycles. The molecule has 3 rings (SSSR count). The molecular weight excluding hydrogens is 190 g/mol. The van der Waals surface area contributed by atoms with Crippen LogP contribution in [-0.2, 0) is 4.79 Å². The molecule has 4 nitrogen and oxygen atoms in total. The molecule has 1 aliphatic carbocycles. The van der Waals surface area contributed by atoms with Gasteiger partial charge in [-0.15, -0.1) is 0 Å². The molecule has 4 heteroatoms. The summed E-state index contributed by atoms with van der Waals surface area (Å²) in [6, 6.07) is 5.78. The van der Waals surface area contributed by atoms with E-state index in [2.05, 4.69) is 10.4 Å². The van der Waals surface area contributed by atoms with Crippen LogP contribution in [-0.4, -0.2) is 15.5 Å². The van der Waals surface area contributed by atoms with Gasteiger partial charge in [0.1, 0.15) is 0 Å². The molecule has 15 heavy (non-hydrogen) atoms. The number of carbonyl (C=O) groups is 1. The Kier molecular flexibility index (Phi) is 1.74. The first-order valence-electron chi connectivity index (χ1n) is 5.08. The van der Waals surface area contributed by atoms with Gasteiger partial charge in [0.15, 0.2) is 0 Å². The zero-order valence-corrected chi connectivity index (χ0v) is 8.18. The number of nitrogens with one attached hydrogen (secondary N) is 1. The molecular formula is C11H11N3O. The Balaban J connectivity index is 1.93. The predicted molar refractivity (Wildman–Crippen MR) is 56.5 cm³/mol. The quantitative estimate of drug-likeness (QED) is 0.803. The molecule has 0 bridgehead atoms. The second-order valence-corrected chi connectivity index (χ2v) is 3.85.